The number of rotatable bonds is 10. The molecule has 2 atom stereocenters. The quantitative estimate of drug-likeness (QED) is 0.335. The summed E-state index contributed by atoms with van der Waals surface area (Å²) in [6.07, 6.45) is 4.24. The molecule has 0 saturated heterocycles. The maximum absolute atomic E-state index is 9.78. The van der Waals surface area contributed by atoms with E-state index in [0.29, 0.717) is 13.0 Å². The topological polar surface area (TPSA) is 52.8 Å². The molecule has 0 spiro atoms. The molecule has 2 unspecified atom stereocenters. The lowest BCUT2D eigenvalue weighted by molar-refractivity contribution is -0.0509. The monoisotopic (exact) mass is 369 g/mol. The SMILES string of the molecule is C=C(CC/C=C(\C)CCC(O)C(C)(C)O)C(Cl)CN=C(Cl)Cl. The van der Waals surface area contributed by atoms with E-state index in [1.54, 1.807) is 13.8 Å². The predicted molar refractivity (Wildman–Crippen MR) is 97.3 cm³/mol. The molecule has 0 amide bonds. The lowest BCUT2D eigenvalue weighted by Gasteiger charge is -2.24. The van der Waals surface area contributed by atoms with Crippen LogP contribution in [-0.4, -0.2) is 38.5 Å². The minimum Gasteiger partial charge on any atom is -0.390 e. The van der Waals surface area contributed by atoms with Crippen LogP contribution in [0.4, 0.5) is 0 Å². The number of alkyl halides is 1. The summed E-state index contributed by atoms with van der Waals surface area (Å²) >= 11 is 17.0. The molecular formula is C16H26Cl3NO2. The Bertz CT molecular complexity index is 410. The van der Waals surface area contributed by atoms with Crippen molar-refractivity contribution in [1.29, 1.82) is 0 Å². The van der Waals surface area contributed by atoms with E-state index in [-0.39, 0.29) is 10.0 Å². The van der Waals surface area contributed by atoms with Crippen molar-refractivity contribution in [2.75, 3.05) is 6.54 Å². The second-order valence-corrected chi connectivity index (χ2v) is 7.44. The Morgan fingerprint density at radius 2 is 1.91 bits per heavy atom. The van der Waals surface area contributed by atoms with Crippen molar-refractivity contribution in [2.45, 2.75) is 63.5 Å². The largest absolute Gasteiger partial charge is 0.390 e. The maximum Gasteiger partial charge on any atom is 0.192 e. The summed E-state index contributed by atoms with van der Waals surface area (Å²) in [7, 11) is 0. The van der Waals surface area contributed by atoms with Crippen LogP contribution in [0.5, 0.6) is 0 Å². The zero-order valence-corrected chi connectivity index (χ0v) is 15.7. The Morgan fingerprint density at radius 3 is 2.41 bits per heavy atom. The van der Waals surface area contributed by atoms with E-state index in [4.69, 9.17) is 34.8 Å². The fourth-order valence-corrected chi connectivity index (χ4v) is 2.07. The van der Waals surface area contributed by atoms with Crippen LogP contribution in [0, 0.1) is 0 Å². The molecule has 3 nitrogen and oxygen atoms in total. The van der Waals surface area contributed by atoms with E-state index in [2.05, 4.69) is 17.6 Å². The lowest BCUT2D eigenvalue weighted by atomic mass is 9.95. The molecule has 0 aromatic heterocycles. The zero-order chi connectivity index (χ0) is 17.3. The Labute approximate surface area is 148 Å². The van der Waals surface area contributed by atoms with Gasteiger partial charge in [-0.25, -0.2) is 0 Å². The first kappa shape index (κ1) is 21.9. The van der Waals surface area contributed by atoms with Crippen molar-refractivity contribution >= 4 is 39.4 Å². The van der Waals surface area contributed by atoms with Crippen molar-refractivity contribution in [3.05, 3.63) is 23.8 Å². The van der Waals surface area contributed by atoms with Crippen LogP contribution in [0.1, 0.15) is 46.5 Å². The van der Waals surface area contributed by atoms with Crippen molar-refractivity contribution in [3.63, 3.8) is 0 Å². The van der Waals surface area contributed by atoms with E-state index >= 15 is 0 Å². The maximum atomic E-state index is 9.78. The van der Waals surface area contributed by atoms with Crippen molar-refractivity contribution in [1.82, 2.24) is 0 Å². The smallest absolute Gasteiger partial charge is 0.192 e. The number of halogens is 3. The van der Waals surface area contributed by atoms with E-state index in [9.17, 15) is 10.2 Å². The van der Waals surface area contributed by atoms with Gasteiger partial charge in [-0.2, -0.15) is 0 Å². The standard InChI is InChI=1S/C16H26Cl3NO2/c1-11(8-9-14(21)16(3,4)22)6-5-7-12(2)13(17)10-20-15(18)19/h6,13-14,21-22H,2,5,7-10H2,1,3-4H3/b11-6+. The predicted octanol–water partition coefficient (Wildman–Crippen LogP) is 4.62. The van der Waals surface area contributed by atoms with Crippen LogP contribution in [-0.2, 0) is 0 Å². The molecule has 22 heavy (non-hydrogen) atoms. The van der Waals surface area contributed by atoms with Gasteiger partial charge in [0.25, 0.3) is 0 Å². The molecule has 6 heteroatoms. The van der Waals surface area contributed by atoms with Gasteiger partial charge in [0.05, 0.1) is 23.6 Å². The van der Waals surface area contributed by atoms with Gasteiger partial charge in [0.2, 0.25) is 0 Å². The van der Waals surface area contributed by atoms with Crippen LogP contribution in [0.2, 0.25) is 0 Å². The minimum absolute atomic E-state index is 0.0282. The fourth-order valence-electron chi connectivity index (χ4n) is 1.76. The molecule has 0 heterocycles. The Hall–Kier alpha value is -0.0600. The highest BCUT2D eigenvalue weighted by Gasteiger charge is 2.23. The molecule has 2 N–H and O–H groups in total. The first-order valence-corrected chi connectivity index (χ1v) is 8.46. The molecule has 0 rings (SSSR count). The highest BCUT2D eigenvalue weighted by Crippen LogP contribution is 2.19. The second kappa shape index (κ2) is 10.7. The van der Waals surface area contributed by atoms with Crippen LogP contribution in [0.25, 0.3) is 0 Å². The van der Waals surface area contributed by atoms with E-state index in [1.807, 2.05) is 6.92 Å². The summed E-state index contributed by atoms with van der Waals surface area (Å²) in [6, 6.07) is 0. The van der Waals surface area contributed by atoms with Gasteiger partial charge in [0.1, 0.15) is 0 Å². The van der Waals surface area contributed by atoms with Gasteiger partial charge >= 0.3 is 0 Å². The number of aliphatic hydroxyl groups is 2. The van der Waals surface area contributed by atoms with E-state index < -0.39 is 11.7 Å². The van der Waals surface area contributed by atoms with Gasteiger partial charge < -0.3 is 10.2 Å². The highest BCUT2D eigenvalue weighted by molar-refractivity contribution is 6.95. The molecule has 0 aliphatic carbocycles. The minimum atomic E-state index is -1.06. The van der Waals surface area contributed by atoms with Gasteiger partial charge in [-0.1, -0.05) is 23.8 Å². The number of hydrogen-bond donors (Lipinski definition) is 2. The second-order valence-electron chi connectivity index (χ2n) is 6.00. The highest BCUT2D eigenvalue weighted by atomic mass is 35.5. The van der Waals surface area contributed by atoms with E-state index in [0.717, 1.165) is 24.8 Å². The molecular weight excluding hydrogens is 345 g/mol. The van der Waals surface area contributed by atoms with Crippen molar-refractivity contribution in [3.8, 4) is 0 Å². The Kier molecular flexibility index (Phi) is 10.6. The third-order valence-corrected chi connectivity index (χ3v) is 4.09. The van der Waals surface area contributed by atoms with Crippen LogP contribution < -0.4 is 0 Å². The van der Waals surface area contributed by atoms with E-state index in [1.165, 1.54) is 5.57 Å². The average molecular weight is 371 g/mol. The molecule has 0 radical (unpaired) electrons. The number of hydrogen-bond acceptors (Lipinski definition) is 3. The van der Waals surface area contributed by atoms with Gasteiger partial charge in [-0.3, -0.25) is 4.99 Å². The summed E-state index contributed by atoms with van der Waals surface area (Å²) < 4.78 is -0.0282. The third-order valence-electron chi connectivity index (χ3n) is 3.40. The summed E-state index contributed by atoms with van der Waals surface area (Å²) in [4.78, 5) is 3.85. The summed E-state index contributed by atoms with van der Waals surface area (Å²) in [6.45, 7) is 9.49. The first-order valence-electron chi connectivity index (χ1n) is 7.27. The lowest BCUT2D eigenvalue weighted by Crippen LogP contribution is -2.35. The van der Waals surface area contributed by atoms with Crippen LogP contribution in [0.15, 0.2) is 28.8 Å². The van der Waals surface area contributed by atoms with Crippen LogP contribution in [0.3, 0.4) is 0 Å². The fraction of sp³-hybridized carbons (Fsp3) is 0.688. The number of aliphatic imine (C=N–C) groups is 1. The number of aliphatic hydroxyl groups excluding tert-OH is 1. The molecule has 128 valence electrons. The van der Waals surface area contributed by atoms with Crippen molar-refractivity contribution < 1.29 is 10.2 Å². The summed E-state index contributed by atoms with van der Waals surface area (Å²) in [5.74, 6) is 0. The molecule has 0 saturated carbocycles. The molecule has 0 aliphatic rings. The molecule has 0 fully saturated rings. The third kappa shape index (κ3) is 10.6. The molecule has 0 aliphatic heterocycles. The van der Waals surface area contributed by atoms with Crippen LogP contribution >= 0.6 is 34.8 Å². The molecule has 0 aromatic carbocycles. The van der Waals surface area contributed by atoms with Gasteiger partial charge in [0.15, 0.2) is 4.63 Å². The number of nitrogens with zero attached hydrogens (tertiary/aromatic N) is 1. The first-order chi connectivity index (χ1) is 10.0. The van der Waals surface area contributed by atoms with Gasteiger partial charge in [-0.05, 0) is 69.7 Å². The summed E-state index contributed by atoms with van der Waals surface area (Å²) in [5.41, 5.74) is 0.995. The normalized spacial score (nSPS) is 15.4. The van der Waals surface area contributed by atoms with Crippen molar-refractivity contribution in [2.24, 2.45) is 4.99 Å². The Balaban J connectivity index is 4.10. The Morgan fingerprint density at radius 1 is 1.32 bits per heavy atom. The number of allylic oxidation sites excluding steroid dienone is 2. The zero-order valence-electron chi connectivity index (χ0n) is 13.5. The molecule has 0 aromatic rings. The van der Waals surface area contributed by atoms with Gasteiger partial charge in [-0.15, -0.1) is 11.6 Å². The average Bonchev–Trinajstić information content (AvgIpc) is 2.40. The van der Waals surface area contributed by atoms with Gasteiger partial charge in [0, 0.05) is 0 Å². The molecule has 0 bridgehead atoms. The summed E-state index contributed by atoms with van der Waals surface area (Å²) in [5, 5.41) is 19.2.